The normalized spacial score (nSPS) is 19.1. The Morgan fingerprint density at radius 1 is 1.50 bits per heavy atom. The molecule has 1 aliphatic rings. The highest BCUT2D eigenvalue weighted by Crippen LogP contribution is 2.22. The number of carbonyl (C=O) groups is 1. The van der Waals surface area contributed by atoms with Gasteiger partial charge in [-0.1, -0.05) is 13.8 Å². The van der Waals surface area contributed by atoms with E-state index in [1.165, 1.54) is 12.8 Å². The van der Waals surface area contributed by atoms with E-state index in [1.807, 2.05) is 4.90 Å². The molecule has 1 N–H and O–H groups in total. The van der Waals surface area contributed by atoms with E-state index >= 15 is 0 Å². The van der Waals surface area contributed by atoms with E-state index in [0.29, 0.717) is 19.1 Å². The van der Waals surface area contributed by atoms with Gasteiger partial charge in [0.2, 0.25) is 5.91 Å². The van der Waals surface area contributed by atoms with E-state index in [-0.39, 0.29) is 18.3 Å². The van der Waals surface area contributed by atoms with Crippen LogP contribution in [-0.2, 0) is 9.53 Å². The zero-order valence-electron chi connectivity index (χ0n) is 11.8. The molecule has 1 fully saturated rings. The second-order valence-corrected chi connectivity index (χ2v) is 5.29. The standard InChI is InChI=1S/C13H26N2O2.ClH/c1-11(2)8-12-4-6-15(10-12)13(16)9-14-5-7-17-3;/h11-12,14H,4-10H2,1-3H3;1H. The molecule has 18 heavy (non-hydrogen) atoms. The molecule has 1 saturated heterocycles. The topological polar surface area (TPSA) is 41.6 Å². The van der Waals surface area contributed by atoms with Crippen LogP contribution < -0.4 is 5.32 Å². The molecule has 0 aromatic carbocycles. The van der Waals surface area contributed by atoms with Crippen LogP contribution >= 0.6 is 12.4 Å². The van der Waals surface area contributed by atoms with Crippen molar-refractivity contribution in [3.63, 3.8) is 0 Å². The summed E-state index contributed by atoms with van der Waals surface area (Å²) in [6.45, 7) is 8.21. The highest BCUT2D eigenvalue weighted by Gasteiger charge is 2.25. The molecule has 5 heteroatoms. The minimum absolute atomic E-state index is 0. The van der Waals surface area contributed by atoms with Crippen LogP contribution in [0.5, 0.6) is 0 Å². The summed E-state index contributed by atoms with van der Waals surface area (Å²) in [6, 6.07) is 0. The molecule has 0 aromatic heterocycles. The lowest BCUT2D eigenvalue weighted by Crippen LogP contribution is -2.37. The maximum atomic E-state index is 11.9. The Kier molecular flexibility index (Phi) is 9.42. The maximum absolute atomic E-state index is 11.9. The fraction of sp³-hybridized carbons (Fsp3) is 0.923. The number of ether oxygens (including phenoxy) is 1. The molecule has 108 valence electrons. The smallest absolute Gasteiger partial charge is 0.236 e. The van der Waals surface area contributed by atoms with Gasteiger partial charge in [0.15, 0.2) is 0 Å². The fourth-order valence-electron chi connectivity index (χ4n) is 2.40. The molecule has 0 spiro atoms. The number of likely N-dealkylation sites (tertiary alicyclic amines) is 1. The van der Waals surface area contributed by atoms with Gasteiger partial charge in [0.1, 0.15) is 0 Å². The van der Waals surface area contributed by atoms with Crippen LogP contribution in [0.2, 0.25) is 0 Å². The van der Waals surface area contributed by atoms with Crippen molar-refractivity contribution >= 4 is 18.3 Å². The monoisotopic (exact) mass is 278 g/mol. The van der Waals surface area contributed by atoms with Crippen molar-refractivity contribution < 1.29 is 9.53 Å². The lowest BCUT2D eigenvalue weighted by atomic mass is 9.97. The highest BCUT2D eigenvalue weighted by atomic mass is 35.5. The van der Waals surface area contributed by atoms with E-state index in [9.17, 15) is 4.79 Å². The fourth-order valence-corrected chi connectivity index (χ4v) is 2.40. The van der Waals surface area contributed by atoms with Gasteiger partial charge in [-0.2, -0.15) is 0 Å². The number of nitrogens with zero attached hydrogens (tertiary/aromatic N) is 1. The lowest BCUT2D eigenvalue weighted by Gasteiger charge is -2.17. The zero-order chi connectivity index (χ0) is 12.7. The number of halogens is 1. The van der Waals surface area contributed by atoms with E-state index in [0.717, 1.165) is 25.6 Å². The first-order chi connectivity index (χ1) is 8.13. The Bertz CT molecular complexity index is 237. The predicted molar refractivity (Wildman–Crippen MR) is 76.1 cm³/mol. The summed E-state index contributed by atoms with van der Waals surface area (Å²) in [6.07, 6.45) is 2.41. The molecule has 0 saturated carbocycles. The summed E-state index contributed by atoms with van der Waals surface area (Å²) in [7, 11) is 1.67. The van der Waals surface area contributed by atoms with Crippen LogP contribution in [0.15, 0.2) is 0 Å². The first-order valence-electron chi connectivity index (χ1n) is 6.61. The largest absolute Gasteiger partial charge is 0.383 e. The maximum Gasteiger partial charge on any atom is 0.236 e. The SMILES string of the molecule is COCCNCC(=O)N1CCC(CC(C)C)C1.Cl. The van der Waals surface area contributed by atoms with Gasteiger partial charge in [-0.15, -0.1) is 12.4 Å². The summed E-state index contributed by atoms with van der Waals surface area (Å²) in [4.78, 5) is 13.9. The van der Waals surface area contributed by atoms with E-state index in [4.69, 9.17) is 4.74 Å². The zero-order valence-corrected chi connectivity index (χ0v) is 12.6. The molecule has 4 nitrogen and oxygen atoms in total. The van der Waals surface area contributed by atoms with Crippen molar-refractivity contribution in [3.8, 4) is 0 Å². The van der Waals surface area contributed by atoms with Crippen LogP contribution in [-0.4, -0.2) is 50.7 Å². The summed E-state index contributed by atoms with van der Waals surface area (Å²) in [5.41, 5.74) is 0. The van der Waals surface area contributed by atoms with Gasteiger partial charge in [-0.25, -0.2) is 0 Å². The van der Waals surface area contributed by atoms with E-state index in [2.05, 4.69) is 19.2 Å². The third kappa shape index (κ3) is 6.57. The van der Waals surface area contributed by atoms with Crippen LogP contribution in [0, 0.1) is 11.8 Å². The summed E-state index contributed by atoms with van der Waals surface area (Å²) < 4.78 is 4.92. The average Bonchev–Trinajstić information content (AvgIpc) is 2.71. The molecule has 1 rings (SSSR count). The van der Waals surface area contributed by atoms with Gasteiger partial charge in [0, 0.05) is 26.7 Å². The number of methoxy groups -OCH3 is 1. The minimum Gasteiger partial charge on any atom is -0.383 e. The third-order valence-electron chi connectivity index (χ3n) is 3.20. The van der Waals surface area contributed by atoms with E-state index < -0.39 is 0 Å². The Hall–Kier alpha value is -0.320. The molecular weight excluding hydrogens is 252 g/mol. The van der Waals surface area contributed by atoms with Crippen molar-refractivity contribution in [2.45, 2.75) is 26.7 Å². The molecule has 1 amide bonds. The van der Waals surface area contributed by atoms with Crippen LogP contribution in [0.1, 0.15) is 26.7 Å². The van der Waals surface area contributed by atoms with Gasteiger partial charge >= 0.3 is 0 Å². The highest BCUT2D eigenvalue weighted by molar-refractivity contribution is 5.85. The molecule has 0 bridgehead atoms. The second-order valence-electron chi connectivity index (χ2n) is 5.29. The quantitative estimate of drug-likeness (QED) is 0.719. The number of hydrogen-bond acceptors (Lipinski definition) is 3. The number of rotatable bonds is 7. The molecule has 1 aliphatic heterocycles. The molecule has 1 heterocycles. The van der Waals surface area contributed by atoms with Crippen LogP contribution in [0.25, 0.3) is 0 Å². The van der Waals surface area contributed by atoms with Gasteiger partial charge < -0.3 is 15.0 Å². The summed E-state index contributed by atoms with van der Waals surface area (Å²) >= 11 is 0. The number of hydrogen-bond donors (Lipinski definition) is 1. The number of nitrogens with one attached hydrogen (secondary N) is 1. The van der Waals surface area contributed by atoms with Crippen LogP contribution in [0.4, 0.5) is 0 Å². The molecule has 1 atom stereocenters. The van der Waals surface area contributed by atoms with Crippen molar-refractivity contribution in [1.82, 2.24) is 10.2 Å². The van der Waals surface area contributed by atoms with Crippen molar-refractivity contribution in [2.75, 3.05) is 39.9 Å². The minimum atomic E-state index is 0. The van der Waals surface area contributed by atoms with Gasteiger partial charge in [-0.3, -0.25) is 4.79 Å². The van der Waals surface area contributed by atoms with Gasteiger partial charge in [-0.05, 0) is 24.7 Å². The molecular formula is C13H27ClN2O2. The Morgan fingerprint density at radius 3 is 2.83 bits per heavy atom. The molecule has 1 unspecified atom stereocenters. The first kappa shape index (κ1) is 17.7. The van der Waals surface area contributed by atoms with Crippen LogP contribution in [0.3, 0.4) is 0 Å². The van der Waals surface area contributed by atoms with Crippen molar-refractivity contribution in [1.29, 1.82) is 0 Å². The first-order valence-corrected chi connectivity index (χ1v) is 6.61. The Labute approximate surface area is 117 Å². The van der Waals surface area contributed by atoms with Gasteiger partial charge in [0.05, 0.1) is 13.2 Å². The van der Waals surface area contributed by atoms with Crippen molar-refractivity contribution in [2.24, 2.45) is 11.8 Å². The Morgan fingerprint density at radius 2 is 2.22 bits per heavy atom. The average molecular weight is 279 g/mol. The Balaban J connectivity index is 0.00000289. The third-order valence-corrected chi connectivity index (χ3v) is 3.20. The summed E-state index contributed by atoms with van der Waals surface area (Å²) in [5.74, 6) is 1.67. The van der Waals surface area contributed by atoms with Crippen molar-refractivity contribution in [3.05, 3.63) is 0 Å². The second kappa shape index (κ2) is 9.59. The lowest BCUT2D eigenvalue weighted by molar-refractivity contribution is -0.129. The number of amides is 1. The van der Waals surface area contributed by atoms with E-state index in [1.54, 1.807) is 7.11 Å². The van der Waals surface area contributed by atoms with Gasteiger partial charge in [0.25, 0.3) is 0 Å². The molecule has 0 aromatic rings. The molecule has 0 aliphatic carbocycles. The molecule has 0 radical (unpaired) electrons. The number of carbonyl (C=O) groups excluding carboxylic acids is 1. The summed E-state index contributed by atoms with van der Waals surface area (Å²) in [5, 5.41) is 3.10. The predicted octanol–water partition coefficient (Wildman–Crippen LogP) is 1.54.